The molecule has 0 aliphatic heterocycles. The lowest BCUT2D eigenvalue weighted by Gasteiger charge is -2.21. The number of halogens is 2. The summed E-state index contributed by atoms with van der Waals surface area (Å²) >= 11 is 3.08. The molecule has 0 radical (unpaired) electrons. The molecule has 0 aliphatic rings. The molecule has 17 heavy (non-hydrogen) atoms. The van der Waals surface area contributed by atoms with Crippen molar-refractivity contribution in [1.29, 1.82) is 0 Å². The Morgan fingerprint density at radius 3 is 2.35 bits per heavy atom. The van der Waals surface area contributed by atoms with E-state index in [0.29, 0.717) is 4.47 Å². The van der Waals surface area contributed by atoms with Gasteiger partial charge in [0.05, 0.1) is 5.69 Å². The summed E-state index contributed by atoms with van der Waals surface area (Å²) in [5, 5.41) is 0. The van der Waals surface area contributed by atoms with Gasteiger partial charge in [0.1, 0.15) is 5.82 Å². The van der Waals surface area contributed by atoms with Gasteiger partial charge in [0, 0.05) is 10.0 Å². The van der Waals surface area contributed by atoms with Crippen LogP contribution in [0, 0.1) is 5.82 Å². The van der Waals surface area contributed by atoms with Gasteiger partial charge < -0.3 is 0 Å². The highest BCUT2D eigenvalue weighted by molar-refractivity contribution is 9.10. The van der Waals surface area contributed by atoms with Gasteiger partial charge in [0.15, 0.2) is 0 Å². The molecule has 0 saturated heterocycles. The lowest BCUT2D eigenvalue weighted by atomic mass is 10.1. The van der Waals surface area contributed by atoms with Gasteiger partial charge in [-0.1, -0.05) is 0 Å². The molecule has 96 valence electrons. The molecule has 0 amide bonds. The topological polar surface area (TPSA) is 58.2 Å². The first-order valence-corrected chi connectivity index (χ1v) is 7.13. The molecule has 2 N–H and O–H groups in total. The molecule has 1 aromatic carbocycles. The van der Waals surface area contributed by atoms with Gasteiger partial charge in [-0.25, -0.2) is 4.39 Å². The Bertz CT molecular complexity index is 512. The maximum absolute atomic E-state index is 12.8. The Morgan fingerprint density at radius 2 is 1.88 bits per heavy atom. The second-order valence-corrected chi connectivity index (χ2v) is 6.85. The van der Waals surface area contributed by atoms with E-state index in [1.54, 1.807) is 20.8 Å². The van der Waals surface area contributed by atoms with E-state index >= 15 is 0 Å². The molecule has 0 aromatic heterocycles. The normalized spacial score (nSPS) is 12.5. The van der Waals surface area contributed by atoms with Crippen molar-refractivity contribution in [3.05, 3.63) is 28.5 Å². The molecule has 0 aliphatic carbocycles. The highest BCUT2D eigenvalue weighted by Crippen LogP contribution is 2.24. The minimum atomic E-state index is -3.68. The molecule has 0 heterocycles. The Hall–Kier alpha value is -0.660. The zero-order valence-corrected chi connectivity index (χ0v) is 12.1. The summed E-state index contributed by atoms with van der Waals surface area (Å²) in [6.07, 6.45) is 0. The molecule has 0 fully saturated rings. The Morgan fingerprint density at radius 1 is 1.29 bits per heavy atom. The zero-order valence-electron chi connectivity index (χ0n) is 9.71. The highest BCUT2D eigenvalue weighted by atomic mass is 79.9. The summed E-state index contributed by atoms with van der Waals surface area (Å²) in [5.74, 6) is -0.441. The number of hydrogen-bond donors (Lipinski definition) is 2. The van der Waals surface area contributed by atoms with Gasteiger partial charge in [0.2, 0.25) is 0 Å². The number of anilines is 1. The molecule has 7 heteroatoms. The molecule has 4 nitrogen and oxygen atoms in total. The van der Waals surface area contributed by atoms with E-state index < -0.39 is 21.6 Å². The number of nitrogens with one attached hydrogen (secondary N) is 2. The molecule has 0 atom stereocenters. The molecule has 0 spiro atoms. The van der Waals surface area contributed by atoms with Crippen LogP contribution in [0.5, 0.6) is 0 Å². The molecular weight excluding hydrogens is 311 g/mol. The van der Waals surface area contributed by atoms with Gasteiger partial charge in [0.25, 0.3) is 10.2 Å². The smallest absolute Gasteiger partial charge is 0.270 e. The van der Waals surface area contributed by atoms with Crippen molar-refractivity contribution in [2.45, 2.75) is 26.3 Å². The fraction of sp³-hybridized carbons (Fsp3) is 0.400. The first-order valence-electron chi connectivity index (χ1n) is 4.86. The maximum Gasteiger partial charge on any atom is 0.299 e. The Kier molecular flexibility index (Phi) is 4.16. The third-order valence-corrected chi connectivity index (χ3v) is 3.64. The van der Waals surface area contributed by atoms with E-state index in [1.165, 1.54) is 18.2 Å². The van der Waals surface area contributed by atoms with E-state index in [2.05, 4.69) is 25.4 Å². The van der Waals surface area contributed by atoms with E-state index in [1.807, 2.05) is 0 Å². The first kappa shape index (κ1) is 14.4. The van der Waals surface area contributed by atoms with Crippen LogP contribution < -0.4 is 9.44 Å². The molecule has 0 unspecified atom stereocenters. The van der Waals surface area contributed by atoms with Crippen LogP contribution in [0.25, 0.3) is 0 Å². The lowest BCUT2D eigenvalue weighted by Crippen LogP contribution is -2.43. The SMILES string of the molecule is CC(C)(C)NS(=O)(=O)Nc1ccc(F)cc1Br. The van der Waals surface area contributed by atoms with Crippen LogP contribution in [0.1, 0.15) is 20.8 Å². The molecular formula is C10H14BrFN2O2S. The summed E-state index contributed by atoms with van der Waals surface area (Å²) in [7, 11) is -3.68. The second-order valence-electron chi connectivity index (χ2n) is 4.58. The summed E-state index contributed by atoms with van der Waals surface area (Å²) in [6, 6.07) is 3.72. The van der Waals surface area contributed by atoms with Gasteiger partial charge in [-0.2, -0.15) is 13.1 Å². The summed E-state index contributed by atoms with van der Waals surface area (Å²) in [6.45, 7) is 5.18. The largest absolute Gasteiger partial charge is 0.299 e. The highest BCUT2D eigenvalue weighted by Gasteiger charge is 2.20. The van der Waals surface area contributed by atoms with Crippen molar-refractivity contribution in [3.63, 3.8) is 0 Å². The van der Waals surface area contributed by atoms with Crippen LogP contribution in [0.3, 0.4) is 0 Å². The van der Waals surface area contributed by atoms with Crippen molar-refractivity contribution in [2.75, 3.05) is 4.72 Å². The minimum Gasteiger partial charge on any atom is -0.270 e. The third-order valence-electron chi connectivity index (χ3n) is 1.62. The maximum atomic E-state index is 12.8. The van der Waals surface area contributed by atoms with Crippen molar-refractivity contribution in [3.8, 4) is 0 Å². The van der Waals surface area contributed by atoms with Gasteiger partial charge in [-0.15, -0.1) is 0 Å². The molecule has 1 rings (SSSR count). The molecule has 0 saturated carbocycles. The third kappa shape index (κ3) is 5.01. The van der Waals surface area contributed by atoms with Crippen LogP contribution in [-0.2, 0) is 10.2 Å². The quantitative estimate of drug-likeness (QED) is 0.898. The Balaban J connectivity index is 2.91. The van der Waals surface area contributed by atoms with Crippen molar-refractivity contribution >= 4 is 31.8 Å². The summed E-state index contributed by atoms with van der Waals surface area (Å²) in [5.41, 5.74) is -0.304. The lowest BCUT2D eigenvalue weighted by molar-refractivity contribution is 0.494. The predicted octanol–water partition coefficient (Wildman–Crippen LogP) is 2.63. The first-order chi connectivity index (χ1) is 7.59. The van der Waals surface area contributed by atoms with Gasteiger partial charge >= 0.3 is 0 Å². The van der Waals surface area contributed by atoms with Crippen molar-refractivity contribution in [1.82, 2.24) is 4.72 Å². The van der Waals surface area contributed by atoms with Crippen molar-refractivity contribution in [2.24, 2.45) is 0 Å². The van der Waals surface area contributed by atoms with E-state index in [0.717, 1.165) is 0 Å². The van der Waals surface area contributed by atoms with Crippen LogP contribution in [-0.4, -0.2) is 14.0 Å². The van der Waals surface area contributed by atoms with Crippen LogP contribution in [0.4, 0.5) is 10.1 Å². The minimum absolute atomic E-state index is 0.281. The monoisotopic (exact) mass is 324 g/mol. The van der Waals surface area contributed by atoms with E-state index in [4.69, 9.17) is 0 Å². The summed E-state index contributed by atoms with van der Waals surface area (Å²) in [4.78, 5) is 0. The number of benzene rings is 1. The second kappa shape index (κ2) is 4.91. The standard InChI is InChI=1S/C10H14BrFN2O2S/c1-10(2,3)14-17(15,16)13-9-5-4-7(12)6-8(9)11/h4-6,13-14H,1-3H3. The van der Waals surface area contributed by atoms with Crippen LogP contribution in [0.15, 0.2) is 22.7 Å². The van der Waals surface area contributed by atoms with Gasteiger partial charge in [-0.05, 0) is 54.9 Å². The van der Waals surface area contributed by atoms with Crippen LogP contribution >= 0.6 is 15.9 Å². The zero-order chi connectivity index (χ0) is 13.3. The fourth-order valence-corrected chi connectivity index (χ4v) is 3.05. The Labute approximate surface area is 109 Å². The number of rotatable bonds is 3. The number of hydrogen-bond acceptors (Lipinski definition) is 2. The predicted molar refractivity (Wildman–Crippen MR) is 69.5 cm³/mol. The molecule has 0 bridgehead atoms. The van der Waals surface area contributed by atoms with E-state index in [9.17, 15) is 12.8 Å². The average Bonchev–Trinajstić information content (AvgIpc) is 2.05. The average molecular weight is 325 g/mol. The van der Waals surface area contributed by atoms with Crippen molar-refractivity contribution < 1.29 is 12.8 Å². The summed E-state index contributed by atoms with van der Waals surface area (Å²) < 4.78 is 41.4. The van der Waals surface area contributed by atoms with E-state index in [-0.39, 0.29) is 5.69 Å². The fourth-order valence-electron chi connectivity index (χ4n) is 1.15. The molecule has 1 aromatic rings. The van der Waals surface area contributed by atoms with Gasteiger partial charge in [-0.3, -0.25) is 4.72 Å². The van der Waals surface area contributed by atoms with Crippen LogP contribution in [0.2, 0.25) is 0 Å².